The van der Waals surface area contributed by atoms with Crippen LogP contribution >= 0.6 is 0 Å². The second-order valence-corrected chi connectivity index (χ2v) is 21.5. The largest absolute Gasteiger partial charge is 0.478 e. The van der Waals surface area contributed by atoms with Crippen molar-refractivity contribution in [2.45, 2.75) is 117 Å². The highest BCUT2D eigenvalue weighted by Crippen LogP contribution is 2.46. The molecule has 0 radical (unpaired) electrons. The van der Waals surface area contributed by atoms with Crippen LogP contribution in [0.15, 0.2) is 146 Å². The van der Waals surface area contributed by atoms with Gasteiger partial charge >= 0.3 is 11.9 Å². The summed E-state index contributed by atoms with van der Waals surface area (Å²) in [5.41, 5.74) is 12.3. The zero-order valence-corrected chi connectivity index (χ0v) is 47.2. The number of benzene rings is 6. The summed E-state index contributed by atoms with van der Waals surface area (Å²) in [5.74, 6) is -3.82. The number of carbonyl (C=O) groups is 2. The number of esters is 1. The minimum absolute atomic E-state index is 0.0208. The van der Waals surface area contributed by atoms with Crippen LogP contribution in [-0.4, -0.2) is 55.8 Å². The standard InChI is InChI=1S/C34H35F2N3O2.C33H33F2N3O2/c1-6-38-20-27(19-37-38)25-10-13-29-26(18-25)15-22(4)39(28-11-8-24(9-12-28)21(2)3)34(29)33-30(35)16-23(17-31(33)36)7-14-32(40)41-5;1-5-37-19-26(18-36-37)24-9-12-28-25(17-24)14-21(4)38(27-10-7-23(8-11-27)20(2)3)33(28)32-29(34)15-22(16-30(32)35)6-13-31(39)40/h7-14,16-22,34H,6,15H2,1-5H3;6-13,15-21,33H,5,14H2,1-4H3,(H,39,40)/b14-7+;13-6+/t22-,34+;21-,33+/m11/s1. The van der Waals surface area contributed by atoms with E-state index in [1.54, 1.807) is 0 Å². The Kier molecular flexibility index (Phi) is 17.3. The molecular weight excluding hydrogens is 1030 g/mol. The number of halogens is 4. The molecule has 4 atom stereocenters. The fraction of sp³-hybridized carbons (Fsp3) is 0.284. The topological polar surface area (TPSA) is 106 Å². The number of carboxylic acid groups (broad SMARTS) is 1. The van der Waals surface area contributed by atoms with Crippen molar-refractivity contribution < 1.29 is 37.0 Å². The molecule has 0 saturated heterocycles. The van der Waals surface area contributed by atoms with Crippen molar-refractivity contribution in [1.82, 2.24) is 19.6 Å². The number of rotatable bonds is 14. The maximum atomic E-state index is 15.9. The lowest BCUT2D eigenvalue weighted by molar-refractivity contribution is -0.135. The Morgan fingerprint density at radius 2 is 0.963 bits per heavy atom. The summed E-state index contributed by atoms with van der Waals surface area (Å²) in [6, 6.07) is 32.1. The minimum atomic E-state index is -1.18. The molecule has 14 heteroatoms. The SMILES string of the molecule is CCn1cc(-c2ccc3c(c2)C[C@@H](C)N(c2ccc(C(C)C)cc2)[C@@H]3c2c(F)cc(/C=C/C(=O)O)cc2F)cn1.CCn1cc(-c2ccc3c(c2)C[C@@H](C)N(c2ccc(C(C)C)cc2)[C@@H]3c2c(F)cc(/C=C/C(=O)OC)cc2F)cn1. The number of aliphatic carboxylic acids is 1. The van der Waals surface area contributed by atoms with E-state index in [9.17, 15) is 9.59 Å². The second kappa shape index (κ2) is 24.5. The summed E-state index contributed by atoms with van der Waals surface area (Å²) in [6.07, 6.45) is 13.7. The van der Waals surface area contributed by atoms with E-state index in [0.717, 1.165) is 87.5 Å². The van der Waals surface area contributed by atoms with Gasteiger partial charge in [-0.1, -0.05) is 88.4 Å². The predicted molar refractivity (Wildman–Crippen MR) is 313 cm³/mol. The Morgan fingerprint density at radius 1 is 0.580 bits per heavy atom. The van der Waals surface area contributed by atoms with Crippen molar-refractivity contribution >= 4 is 35.5 Å². The number of carbonyl (C=O) groups excluding carboxylic acids is 1. The molecule has 6 aromatic carbocycles. The number of ether oxygens (including phenoxy) is 1. The van der Waals surface area contributed by atoms with Gasteiger partial charge in [-0.2, -0.15) is 10.2 Å². The maximum absolute atomic E-state index is 15.9. The fourth-order valence-corrected chi connectivity index (χ4v) is 11.3. The average Bonchev–Trinajstić information content (AvgIpc) is 4.21. The van der Waals surface area contributed by atoms with Crippen molar-refractivity contribution in [3.63, 3.8) is 0 Å². The number of fused-ring (bicyclic) bond motifs is 2. The van der Waals surface area contributed by atoms with E-state index in [2.05, 4.69) is 103 Å². The first-order valence-corrected chi connectivity index (χ1v) is 27.6. The number of aryl methyl sites for hydroxylation is 2. The number of nitrogens with zero attached hydrogens (tertiary/aromatic N) is 6. The molecule has 1 N–H and O–H groups in total. The number of anilines is 2. The van der Waals surface area contributed by atoms with Gasteiger partial charge in [-0.25, -0.2) is 27.2 Å². The van der Waals surface area contributed by atoms with E-state index in [1.165, 1.54) is 54.7 Å². The first-order valence-electron chi connectivity index (χ1n) is 27.6. The molecule has 2 aliphatic heterocycles. The molecule has 0 fully saturated rings. The normalized spacial score (nSPS) is 16.9. The highest BCUT2D eigenvalue weighted by atomic mass is 19.1. The second-order valence-electron chi connectivity index (χ2n) is 21.5. The van der Waals surface area contributed by atoms with Gasteiger partial charge in [0.25, 0.3) is 0 Å². The molecule has 0 saturated carbocycles. The van der Waals surface area contributed by atoms with Crippen LogP contribution in [0.1, 0.15) is 135 Å². The Morgan fingerprint density at radius 3 is 1.30 bits per heavy atom. The lowest BCUT2D eigenvalue weighted by atomic mass is 9.82. The molecule has 0 unspecified atom stereocenters. The molecule has 10 nitrogen and oxygen atoms in total. The van der Waals surface area contributed by atoms with Crippen LogP contribution in [0, 0.1) is 23.3 Å². The summed E-state index contributed by atoms with van der Waals surface area (Å²) in [6.45, 7) is 18.3. The van der Waals surface area contributed by atoms with Crippen molar-refractivity contribution in [3.05, 3.63) is 225 Å². The molecule has 0 bridgehead atoms. The van der Waals surface area contributed by atoms with Gasteiger partial charge in [0, 0.05) is 72.2 Å². The number of hydrogen-bond donors (Lipinski definition) is 1. The number of carboxylic acids is 1. The number of methoxy groups -OCH3 is 1. The third kappa shape index (κ3) is 12.3. The summed E-state index contributed by atoms with van der Waals surface area (Å²) in [7, 11) is 1.25. The van der Waals surface area contributed by atoms with Crippen LogP contribution in [0.4, 0.5) is 28.9 Å². The monoisotopic (exact) mass is 1100 g/mol. The smallest absolute Gasteiger partial charge is 0.330 e. The van der Waals surface area contributed by atoms with Crippen LogP contribution in [0.25, 0.3) is 34.4 Å². The summed E-state index contributed by atoms with van der Waals surface area (Å²) in [4.78, 5) is 26.7. The molecule has 10 rings (SSSR count). The molecule has 81 heavy (non-hydrogen) atoms. The Labute approximate surface area is 471 Å². The number of hydrogen-bond acceptors (Lipinski definition) is 7. The lowest BCUT2D eigenvalue weighted by Crippen LogP contribution is -2.43. The van der Waals surface area contributed by atoms with Crippen LogP contribution in [0.2, 0.25) is 0 Å². The molecule has 2 aromatic heterocycles. The van der Waals surface area contributed by atoms with Gasteiger partial charge in [-0.3, -0.25) is 9.36 Å². The first-order chi connectivity index (χ1) is 38.8. The van der Waals surface area contributed by atoms with E-state index < -0.39 is 47.3 Å². The van der Waals surface area contributed by atoms with Gasteiger partial charge in [0.15, 0.2) is 0 Å². The van der Waals surface area contributed by atoms with Gasteiger partial charge < -0.3 is 19.6 Å². The van der Waals surface area contributed by atoms with Crippen LogP contribution < -0.4 is 9.80 Å². The quantitative estimate of drug-likeness (QED) is 0.0652. The van der Waals surface area contributed by atoms with Crippen molar-refractivity contribution in [1.29, 1.82) is 0 Å². The fourth-order valence-electron chi connectivity index (χ4n) is 11.3. The zero-order chi connectivity index (χ0) is 57.8. The van der Waals surface area contributed by atoms with Gasteiger partial charge in [-0.15, -0.1) is 0 Å². The summed E-state index contributed by atoms with van der Waals surface area (Å²) >= 11 is 0. The van der Waals surface area contributed by atoms with E-state index >= 15 is 17.6 Å². The molecular formula is C67H68F4N6O4. The van der Waals surface area contributed by atoms with Gasteiger partial charge in [0.2, 0.25) is 0 Å². The molecule has 2 aliphatic rings. The predicted octanol–water partition coefficient (Wildman–Crippen LogP) is 15.3. The molecule has 0 spiro atoms. The van der Waals surface area contributed by atoms with E-state index in [4.69, 9.17) is 5.11 Å². The van der Waals surface area contributed by atoms with E-state index in [0.29, 0.717) is 18.3 Å². The summed E-state index contributed by atoms with van der Waals surface area (Å²) < 4.78 is 71.9. The van der Waals surface area contributed by atoms with Crippen LogP contribution in [0.3, 0.4) is 0 Å². The highest BCUT2D eigenvalue weighted by Gasteiger charge is 2.39. The Bertz CT molecular complexity index is 3590. The minimum Gasteiger partial charge on any atom is -0.478 e. The third-order valence-electron chi connectivity index (χ3n) is 15.5. The first kappa shape index (κ1) is 57.2. The molecule has 418 valence electrons. The van der Waals surface area contributed by atoms with Gasteiger partial charge in [0.05, 0.1) is 42.7 Å². The molecule has 4 heterocycles. The van der Waals surface area contributed by atoms with Crippen molar-refractivity contribution in [2.24, 2.45) is 0 Å². The average molecular weight is 1100 g/mol. The van der Waals surface area contributed by atoms with E-state index in [-0.39, 0.29) is 34.3 Å². The lowest BCUT2D eigenvalue weighted by Gasteiger charge is -2.44. The molecule has 0 aliphatic carbocycles. The van der Waals surface area contributed by atoms with Gasteiger partial charge in [0.1, 0.15) is 23.3 Å². The van der Waals surface area contributed by atoms with Crippen LogP contribution in [-0.2, 0) is 40.3 Å². The third-order valence-corrected chi connectivity index (χ3v) is 15.5. The Balaban J connectivity index is 0.000000196. The Hall–Kier alpha value is -8.52. The molecule has 0 amide bonds. The zero-order valence-electron chi connectivity index (χ0n) is 47.2. The van der Waals surface area contributed by atoms with Crippen molar-refractivity contribution in [3.8, 4) is 22.3 Å². The highest BCUT2D eigenvalue weighted by molar-refractivity contribution is 5.87. The van der Waals surface area contributed by atoms with Crippen molar-refractivity contribution in [2.75, 3.05) is 16.9 Å². The summed E-state index contributed by atoms with van der Waals surface area (Å²) in [5, 5.41) is 17.8. The maximum Gasteiger partial charge on any atom is 0.330 e. The van der Waals surface area contributed by atoms with Crippen LogP contribution in [0.5, 0.6) is 0 Å². The molecule has 8 aromatic rings. The van der Waals surface area contributed by atoms with Gasteiger partial charge in [-0.05, 0) is 169 Å². The number of aromatic nitrogens is 4. The van der Waals surface area contributed by atoms with E-state index in [1.807, 2.05) is 96.5 Å².